The molecular weight excluding hydrogens is 238 g/mol. The number of fused-ring (bicyclic) bond motifs is 2. The molecule has 0 heterocycles. The maximum Gasteiger partial charge on any atom is 0.0744 e. The van der Waals surface area contributed by atoms with Gasteiger partial charge < -0.3 is 0 Å². The zero-order chi connectivity index (χ0) is 13.1. The molecule has 0 aliphatic heterocycles. The van der Waals surface area contributed by atoms with Crippen molar-refractivity contribution in [1.82, 2.24) is 0 Å². The summed E-state index contributed by atoms with van der Waals surface area (Å²) < 4.78 is 0. The highest BCUT2D eigenvalue weighted by molar-refractivity contribution is 7.78. The van der Waals surface area contributed by atoms with Crippen molar-refractivity contribution < 1.29 is 0 Å². The topological polar surface area (TPSA) is 12.4 Å². The number of hydrogen-bond donors (Lipinski definition) is 0. The molecule has 100 valence electrons. The Morgan fingerprint density at radius 2 is 1.94 bits per heavy atom. The Balaban J connectivity index is 2.03. The van der Waals surface area contributed by atoms with Crippen LogP contribution in [0.25, 0.3) is 0 Å². The van der Waals surface area contributed by atoms with Crippen molar-refractivity contribution in [3.05, 3.63) is 0 Å². The van der Waals surface area contributed by atoms with Crippen LogP contribution in [0, 0.1) is 35.0 Å². The molecule has 3 rings (SSSR count). The Kier molecular flexibility index (Phi) is 2.78. The van der Waals surface area contributed by atoms with Gasteiger partial charge in [-0.05, 0) is 79.8 Å². The van der Waals surface area contributed by atoms with Crippen LogP contribution in [0.2, 0.25) is 0 Å². The third kappa shape index (κ3) is 1.51. The summed E-state index contributed by atoms with van der Waals surface area (Å²) in [5.41, 5.74) is 0.623. The predicted octanol–water partition coefficient (Wildman–Crippen LogP) is 4.58. The van der Waals surface area contributed by atoms with E-state index in [4.69, 9.17) is 12.2 Å². The molecule has 0 N–H and O–H groups in total. The van der Waals surface area contributed by atoms with Gasteiger partial charge in [0.2, 0.25) is 0 Å². The Hall–Kier alpha value is -0.200. The van der Waals surface area contributed by atoms with Gasteiger partial charge in [-0.25, -0.2) is 4.99 Å². The van der Waals surface area contributed by atoms with Gasteiger partial charge in [-0.2, -0.15) is 0 Å². The molecule has 1 nitrogen and oxygen atoms in total. The first-order valence-corrected chi connectivity index (χ1v) is 7.90. The van der Waals surface area contributed by atoms with E-state index in [2.05, 4.69) is 37.8 Å². The van der Waals surface area contributed by atoms with Gasteiger partial charge in [-0.1, -0.05) is 20.8 Å². The van der Waals surface area contributed by atoms with Gasteiger partial charge in [0.1, 0.15) is 0 Å². The van der Waals surface area contributed by atoms with Gasteiger partial charge in [0.25, 0.3) is 0 Å². The van der Waals surface area contributed by atoms with E-state index in [0.717, 1.165) is 29.6 Å². The minimum absolute atomic E-state index is 0.0922. The predicted molar refractivity (Wildman–Crippen MR) is 78.8 cm³/mol. The fourth-order valence-corrected chi connectivity index (χ4v) is 6.09. The quantitative estimate of drug-likeness (QED) is 0.525. The van der Waals surface area contributed by atoms with Crippen molar-refractivity contribution in [2.75, 3.05) is 0 Å². The summed E-state index contributed by atoms with van der Waals surface area (Å²) in [5.74, 6) is 4.15. The minimum atomic E-state index is 0.0922. The van der Waals surface area contributed by atoms with Crippen LogP contribution in [0.3, 0.4) is 0 Å². The van der Waals surface area contributed by atoms with E-state index >= 15 is 0 Å². The number of rotatable bonds is 2. The lowest BCUT2D eigenvalue weighted by molar-refractivity contribution is 0.0103. The first-order chi connectivity index (χ1) is 8.40. The number of thiocarbonyl (C=S) groups is 1. The molecule has 0 amide bonds. The van der Waals surface area contributed by atoms with Gasteiger partial charge in [0, 0.05) is 0 Å². The zero-order valence-corrected chi connectivity index (χ0v) is 12.9. The molecular formula is C16H25NS. The molecule has 3 aliphatic carbocycles. The number of hydrogen-bond acceptors (Lipinski definition) is 2. The van der Waals surface area contributed by atoms with Crippen molar-refractivity contribution in [1.29, 1.82) is 0 Å². The van der Waals surface area contributed by atoms with E-state index in [0.29, 0.717) is 5.41 Å². The highest BCUT2D eigenvalue weighted by Gasteiger charge is 2.65. The first-order valence-electron chi connectivity index (χ1n) is 7.50. The van der Waals surface area contributed by atoms with Crippen LogP contribution in [-0.4, -0.2) is 10.7 Å². The summed E-state index contributed by atoms with van der Waals surface area (Å²) in [6.45, 7) is 9.67. The summed E-state index contributed by atoms with van der Waals surface area (Å²) in [5, 5.41) is 2.72. The SMILES string of the molecule is CC(C)C1CC2C(C)(N=C=S)[C@H]3CC1C[C@]2(C)C3. The summed E-state index contributed by atoms with van der Waals surface area (Å²) >= 11 is 4.94. The van der Waals surface area contributed by atoms with Gasteiger partial charge >= 0.3 is 0 Å². The summed E-state index contributed by atoms with van der Waals surface area (Å²) in [6.07, 6.45) is 5.55. The van der Waals surface area contributed by atoms with E-state index in [1.54, 1.807) is 0 Å². The minimum Gasteiger partial charge on any atom is -0.225 e. The summed E-state index contributed by atoms with van der Waals surface area (Å²) in [6, 6.07) is 0. The average molecular weight is 263 g/mol. The Morgan fingerprint density at radius 1 is 1.22 bits per heavy atom. The summed E-state index contributed by atoms with van der Waals surface area (Å²) in [7, 11) is 0. The molecule has 0 aromatic heterocycles. The molecule has 2 heteroatoms. The van der Waals surface area contributed by atoms with Crippen LogP contribution >= 0.6 is 12.2 Å². The highest BCUT2D eigenvalue weighted by atomic mass is 32.1. The highest BCUT2D eigenvalue weighted by Crippen LogP contribution is 2.69. The molecule has 3 saturated carbocycles. The fraction of sp³-hybridized carbons (Fsp3) is 0.938. The van der Waals surface area contributed by atoms with Crippen LogP contribution in [0.4, 0.5) is 0 Å². The van der Waals surface area contributed by atoms with Crippen molar-refractivity contribution >= 4 is 17.4 Å². The van der Waals surface area contributed by atoms with Gasteiger partial charge in [-0.3, -0.25) is 0 Å². The fourth-order valence-electron chi connectivity index (χ4n) is 5.89. The first kappa shape index (κ1) is 12.8. The summed E-state index contributed by atoms with van der Waals surface area (Å²) in [4.78, 5) is 4.68. The molecule has 0 saturated heterocycles. The van der Waals surface area contributed by atoms with Crippen LogP contribution < -0.4 is 0 Å². The monoisotopic (exact) mass is 263 g/mol. The third-order valence-corrected chi connectivity index (χ3v) is 6.75. The third-order valence-electron chi connectivity index (χ3n) is 6.66. The van der Waals surface area contributed by atoms with Crippen LogP contribution in [-0.2, 0) is 0 Å². The second-order valence-corrected chi connectivity index (χ2v) is 8.06. The maximum atomic E-state index is 4.94. The number of nitrogens with zero attached hydrogens (tertiary/aromatic N) is 1. The lowest BCUT2D eigenvalue weighted by Crippen LogP contribution is -2.42. The molecule has 0 radical (unpaired) electrons. The normalized spacial score (nSPS) is 53.6. The van der Waals surface area contributed by atoms with Gasteiger partial charge in [0.05, 0.1) is 10.7 Å². The Bertz CT molecular complexity index is 411. The van der Waals surface area contributed by atoms with Crippen LogP contribution in [0.1, 0.15) is 53.4 Å². The van der Waals surface area contributed by atoms with E-state index in [1.165, 1.54) is 25.7 Å². The van der Waals surface area contributed by atoms with Crippen LogP contribution in [0.5, 0.6) is 0 Å². The van der Waals surface area contributed by atoms with Crippen molar-refractivity contribution in [2.24, 2.45) is 40.0 Å². The molecule has 3 aliphatic rings. The lowest BCUT2D eigenvalue weighted by atomic mass is 9.56. The van der Waals surface area contributed by atoms with E-state index in [9.17, 15) is 0 Å². The molecule has 0 aromatic rings. The Labute approximate surface area is 116 Å². The maximum absolute atomic E-state index is 4.94. The van der Waals surface area contributed by atoms with E-state index < -0.39 is 0 Å². The second kappa shape index (κ2) is 3.90. The van der Waals surface area contributed by atoms with Crippen molar-refractivity contribution in [3.8, 4) is 0 Å². The molecule has 18 heavy (non-hydrogen) atoms. The molecule has 4 unspecified atom stereocenters. The van der Waals surface area contributed by atoms with Crippen molar-refractivity contribution in [3.63, 3.8) is 0 Å². The Morgan fingerprint density at radius 3 is 2.56 bits per heavy atom. The van der Waals surface area contributed by atoms with Gasteiger partial charge in [-0.15, -0.1) is 0 Å². The zero-order valence-electron chi connectivity index (χ0n) is 12.1. The molecule has 3 fully saturated rings. The molecule has 0 spiro atoms. The van der Waals surface area contributed by atoms with Gasteiger partial charge in [0.15, 0.2) is 0 Å². The number of isothiocyanates is 1. The smallest absolute Gasteiger partial charge is 0.0744 e. The van der Waals surface area contributed by atoms with Crippen molar-refractivity contribution in [2.45, 2.75) is 58.9 Å². The van der Waals surface area contributed by atoms with Crippen LogP contribution in [0.15, 0.2) is 4.99 Å². The van der Waals surface area contributed by atoms with E-state index in [-0.39, 0.29) is 5.54 Å². The molecule has 0 aromatic carbocycles. The standard InChI is InChI=1S/C16H25NS/c1-10(2)13-6-14-15(3)7-11(13)5-12(8-15)16(14,4)17-9-18/h10-14H,5-8H2,1-4H3/t11?,12-,13?,14?,15+,16?/m0/s1. The second-order valence-electron chi connectivity index (χ2n) is 7.88. The largest absolute Gasteiger partial charge is 0.225 e. The average Bonchev–Trinajstić information content (AvgIpc) is 2.36. The lowest BCUT2D eigenvalue weighted by Gasteiger charge is -2.48. The number of aliphatic imine (C=N–C) groups is 1. The molecule has 6 atom stereocenters. The molecule has 3 bridgehead atoms. The van der Waals surface area contributed by atoms with E-state index in [1.807, 2.05) is 0 Å².